The Balaban J connectivity index is 0.000000932. The van der Waals surface area contributed by atoms with E-state index in [1.807, 2.05) is 19.9 Å². The van der Waals surface area contributed by atoms with Gasteiger partial charge >= 0.3 is 0 Å². The SMILES string of the molecule is C=C1CCC2C3CCC4=CC(=O)CCC4=C3[C@H](c3ccccc3)C[C@]12C.CC. The van der Waals surface area contributed by atoms with Crippen molar-refractivity contribution < 1.29 is 4.79 Å². The van der Waals surface area contributed by atoms with Crippen LogP contribution in [-0.2, 0) is 4.79 Å². The number of ketones is 1. The van der Waals surface area contributed by atoms with Gasteiger partial charge in [-0.25, -0.2) is 0 Å². The topological polar surface area (TPSA) is 17.1 Å². The van der Waals surface area contributed by atoms with E-state index < -0.39 is 0 Å². The van der Waals surface area contributed by atoms with Crippen LogP contribution in [0.4, 0.5) is 0 Å². The summed E-state index contributed by atoms with van der Waals surface area (Å²) in [4.78, 5) is 12.0. The highest BCUT2D eigenvalue weighted by molar-refractivity contribution is 5.93. The number of hydrogen-bond donors (Lipinski definition) is 0. The molecule has 0 aliphatic heterocycles. The molecule has 0 bridgehead atoms. The highest BCUT2D eigenvalue weighted by Gasteiger charge is 2.53. The Hall–Kier alpha value is -1.89. The van der Waals surface area contributed by atoms with E-state index in [0.717, 1.165) is 18.8 Å². The number of benzene rings is 1. The summed E-state index contributed by atoms with van der Waals surface area (Å²) >= 11 is 0. The average molecular weight is 375 g/mol. The molecule has 0 spiro atoms. The smallest absolute Gasteiger partial charge is 0.156 e. The van der Waals surface area contributed by atoms with Gasteiger partial charge in [-0.1, -0.05) is 68.8 Å². The van der Waals surface area contributed by atoms with E-state index in [4.69, 9.17) is 0 Å². The van der Waals surface area contributed by atoms with Crippen LogP contribution in [0.5, 0.6) is 0 Å². The Morgan fingerprint density at radius 2 is 1.75 bits per heavy atom. The number of carbonyl (C=O) groups excluding carboxylic acids is 1. The predicted octanol–water partition coefficient (Wildman–Crippen LogP) is 7.17. The molecule has 28 heavy (non-hydrogen) atoms. The van der Waals surface area contributed by atoms with Crippen molar-refractivity contribution in [2.75, 3.05) is 0 Å². The summed E-state index contributed by atoms with van der Waals surface area (Å²) in [5, 5.41) is 0. The molecule has 2 fully saturated rings. The van der Waals surface area contributed by atoms with Gasteiger partial charge in [0.1, 0.15) is 0 Å². The molecule has 1 aromatic carbocycles. The second-order valence-electron chi connectivity index (χ2n) is 9.05. The van der Waals surface area contributed by atoms with E-state index in [1.54, 1.807) is 11.1 Å². The van der Waals surface area contributed by atoms with Crippen molar-refractivity contribution in [3.05, 3.63) is 70.8 Å². The van der Waals surface area contributed by atoms with Crippen LogP contribution in [0.25, 0.3) is 0 Å². The van der Waals surface area contributed by atoms with Gasteiger partial charge in [0.05, 0.1) is 0 Å². The van der Waals surface area contributed by atoms with E-state index in [9.17, 15) is 4.79 Å². The first-order chi connectivity index (χ1) is 13.6. The first-order valence-electron chi connectivity index (χ1n) is 11.3. The molecule has 1 aromatic rings. The molecule has 2 saturated carbocycles. The van der Waals surface area contributed by atoms with Crippen LogP contribution in [0.1, 0.15) is 77.2 Å². The molecule has 0 radical (unpaired) electrons. The third kappa shape index (κ3) is 2.95. The first kappa shape index (κ1) is 19.4. The molecular formula is C27H34O. The summed E-state index contributed by atoms with van der Waals surface area (Å²) in [6.07, 6.45) is 9.63. The van der Waals surface area contributed by atoms with Crippen LogP contribution in [0.2, 0.25) is 0 Å². The van der Waals surface area contributed by atoms with Crippen LogP contribution in [0.3, 0.4) is 0 Å². The maximum absolute atomic E-state index is 12.0. The molecule has 5 rings (SSSR count). The van der Waals surface area contributed by atoms with Crippen LogP contribution >= 0.6 is 0 Å². The zero-order chi connectivity index (χ0) is 19.9. The van der Waals surface area contributed by atoms with Crippen LogP contribution < -0.4 is 0 Å². The minimum absolute atomic E-state index is 0.279. The monoisotopic (exact) mass is 374 g/mol. The Labute approximate surface area is 170 Å². The lowest BCUT2D eigenvalue weighted by molar-refractivity contribution is -0.114. The maximum atomic E-state index is 12.0. The van der Waals surface area contributed by atoms with E-state index in [-0.39, 0.29) is 5.41 Å². The molecule has 1 heteroatoms. The minimum atomic E-state index is 0.279. The Kier molecular flexibility index (Phi) is 5.21. The number of fused-ring (bicyclic) bond motifs is 4. The van der Waals surface area contributed by atoms with Gasteiger partial charge in [-0.3, -0.25) is 4.79 Å². The van der Waals surface area contributed by atoms with Crippen molar-refractivity contribution in [2.45, 2.75) is 71.6 Å². The zero-order valence-electron chi connectivity index (χ0n) is 17.8. The number of carbonyl (C=O) groups is 1. The molecule has 1 nitrogen and oxygen atoms in total. The third-order valence-electron chi connectivity index (χ3n) is 7.89. The quantitative estimate of drug-likeness (QED) is 0.476. The standard InChI is InChI=1S/C25H28O.C2H6/c1-16-8-13-23-21-11-9-18-14-19(26)10-12-20(18)24(21)22(15-25(16,23)2)17-6-4-3-5-7-17;1-2/h3-7,14,21-23H,1,8-13,15H2,2H3;1-2H3/t21?,22-,23?,25+;/m0./s1. The van der Waals surface area contributed by atoms with Crippen molar-refractivity contribution in [2.24, 2.45) is 17.3 Å². The molecule has 4 aliphatic carbocycles. The molecular weight excluding hydrogens is 340 g/mol. The van der Waals surface area contributed by atoms with Crippen LogP contribution in [0, 0.1) is 17.3 Å². The Morgan fingerprint density at radius 1 is 1.00 bits per heavy atom. The molecule has 0 aromatic heterocycles. The zero-order valence-corrected chi connectivity index (χ0v) is 17.8. The molecule has 4 atom stereocenters. The van der Waals surface area contributed by atoms with Gasteiger partial charge in [-0.05, 0) is 78.6 Å². The number of hydrogen-bond acceptors (Lipinski definition) is 1. The minimum Gasteiger partial charge on any atom is -0.295 e. The highest BCUT2D eigenvalue weighted by atomic mass is 16.1. The summed E-state index contributed by atoms with van der Waals surface area (Å²) in [6, 6.07) is 11.1. The predicted molar refractivity (Wildman–Crippen MR) is 117 cm³/mol. The number of allylic oxidation sites excluding steroid dienone is 5. The van der Waals surface area contributed by atoms with Crippen LogP contribution in [0.15, 0.2) is 65.3 Å². The van der Waals surface area contributed by atoms with Gasteiger partial charge < -0.3 is 0 Å². The van der Waals surface area contributed by atoms with E-state index in [1.165, 1.54) is 42.4 Å². The van der Waals surface area contributed by atoms with E-state index in [0.29, 0.717) is 24.0 Å². The van der Waals surface area contributed by atoms with E-state index >= 15 is 0 Å². The average Bonchev–Trinajstić information content (AvgIpc) is 3.03. The largest absolute Gasteiger partial charge is 0.295 e. The molecule has 0 saturated heterocycles. The van der Waals surface area contributed by atoms with Gasteiger partial charge in [-0.2, -0.15) is 0 Å². The summed E-state index contributed by atoms with van der Waals surface area (Å²) in [5.74, 6) is 2.24. The lowest BCUT2D eigenvalue weighted by atomic mass is 9.53. The fourth-order valence-electron chi connectivity index (χ4n) is 6.55. The fourth-order valence-corrected chi connectivity index (χ4v) is 6.55. The highest BCUT2D eigenvalue weighted by Crippen LogP contribution is 2.65. The first-order valence-corrected chi connectivity index (χ1v) is 11.3. The van der Waals surface area contributed by atoms with Gasteiger partial charge in [0.15, 0.2) is 5.78 Å². The Bertz CT molecular complexity index is 840. The second-order valence-corrected chi connectivity index (χ2v) is 9.05. The lowest BCUT2D eigenvalue weighted by Crippen LogP contribution is -2.41. The normalized spacial score (nSPS) is 34.0. The van der Waals surface area contributed by atoms with Gasteiger partial charge in [0.2, 0.25) is 0 Å². The van der Waals surface area contributed by atoms with Crippen LogP contribution in [-0.4, -0.2) is 5.78 Å². The fraction of sp³-hybridized carbons (Fsp3) is 0.519. The molecule has 0 N–H and O–H groups in total. The molecule has 0 heterocycles. The second kappa shape index (κ2) is 7.50. The molecule has 0 amide bonds. The summed E-state index contributed by atoms with van der Waals surface area (Å²) in [7, 11) is 0. The van der Waals surface area contributed by atoms with Crippen molar-refractivity contribution in [1.29, 1.82) is 0 Å². The lowest BCUT2D eigenvalue weighted by Gasteiger charge is -2.51. The van der Waals surface area contributed by atoms with Crippen molar-refractivity contribution in [1.82, 2.24) is 0 Å². The molecule has 4 aliphatic rings. The van der Waals surface area contributed by atoms with Crippen molar-refractivity contribution >= 4 is 5.78 Å². The van der Waals surface area contributed by atoms with Gasteiger partial charge in [0, 0.05) is 12.3 Å². The Morgan fingerprint density at radius 3 is 2.50 bits per heavy atom. The molecule has 148 valence electrons. The van der Waals surface area contributed by atoms with Crippen molar-refractivity contribution in [3.63, 3.8) is 0 Å². The van der Waals surface area contributed by atoms with Crippen molar-refractivity contribution in [3.8, 4) is 0 Å². The summed E-state index contributed by atoms with van der Waals surface area (Å²) < 4.78 is 0. The molecule has 2 unspecified atom stereocenters. The van der Waals surface area contributed by atoms with E-state index in [2.05, 4.69) is 43.8 Å². The van der Waals surface area contributed by atoms with Gasteiger partial charge in [0.25, 0.3) is 0 Å². The summed E-state index contributed by atoms with van der Waals surface area (Å²) in [5.41, 5.74) is 7.81. The maximum Gasteiger partial charge on any atom is 0.156 e. The number of rotatable bonds is 1. The third-order valence-corrected chi connectivity index (χ3v) is 7.89. The summed E-state index contributed by atoms with van der Waals surface area (Å²) in [6.45, 7) is 11.0. The van der Waals surface area contributed by atoms with Gasteiger partial charge in [-0.15, -0.1) is 0 Å².